The lowest BCUT2D eigenvalue weighted by atomic mass is 10.1. The summed E-state index contributed by atoms with van der Waals surface area (Å²) >= 11 is 0. The molecule has 0 unspecified atom stereocenters. The minimum absolute atomic E-state index is 0. The highest BCUT2D eigenvalue weighted by Gasteiger charge is 2.42. The first-order valence-corrected chi connectivity index (χ1v) is 6.03. The molecule has 0 saturated heterocycles. The van der Waals surface area contributed by atoms with Crippen molar-refractivity contribution in [3.05, 3.63) is 12.7 Å². The molecule has 1 fully saturated rings. The highest BCUT2D eigenvalue weighted by Crippen LogP contribution is 2.36. The normalized spacial score (nSPS) is 29.6. The van der Waals surface area contributed by atoms with Crippen molar-refractivity contribution in [1.29, 1.82) is 0 Å². The quantitative estimate of drug-likeness (QED) is 0.566. The zero-order valence-electron chi connectivity index (χ0n) is 10.5. The molecule has 20 heavy (non-hydrogen) atoms. The molecule has 2 aromatic rings. The molecule has 1 saturated carbocycles. The molecule has 1 aliphatic rings. The molecule has 110 valence electrons. The molecular weight excluding hydrogens is 286 g/mol. The van der Waals surface area contributed by atoms with E-state index in [4.69, 9.17) is 5.73 Å². The van der Waals surface area contributed by atoms with Crippen molar-refractivity contribution in [3.8, 4) is 0 Å². The fraction of sp³-hybridized carbons (Fsp3) is 0.545. The minimum atomic E-state index is -0.967. The van der Waals surface area contributed by atoms with Gasteiger partial charge in [-0.05, 0) is 6.42 Å². The number of aliphatic hydroxyl groups excluding tert-OH is 3. The van der Waals surface area contributed by atoms with Crippen molar-refractivity contribution in [2.75, 3.05) is 12.3 Å². The first-order valence-electron chi connectivity index (χ1n) is 6.03. The van der Waals surface area contributed by atoms with E-state index in [0.717, 1.165) is 0 Å². The van der Waals surface area contributed by atoms with Crippen molar-refractivity contribution in [1.82, 2.24) is 19.5 Å². The van der Waals surface area contributed by atoms with Crippen LogP contribution in [0.4, 0.5) is 5.82 Å². The molecule has 3 rings (SSSR count). The average Bonchev–Trinajstić information content (AvgIpc) is 2.94. The molecule has 2 aromatic heterocycles. The Morgan fingerprint density at radius 2 is 2.00 bits per heavy atom. The third-order valence-corrected chi connectivity index (χ3v) is 3.75. The van der Waals surface area contributed by atoms with Crippen LogP contribution in [0.2, 0.25) is 0 Å². The van der Waals surface area contributed by atoms with E-state index in [9.17, 15) is 15.3 Å². The van der Waals surface area contributed by atoms with E-state index in [2.05, 4.69) is 15.0 Å². The highest BCUT2D eigenvalue weighted by molar-refractivity contribution is 5.85. The Balaban J connectivity index is 0.00000147. The van der Waals surface area contributed by atoms with Gasteiger partial charge < -0.3 is 25.6 Å². The standard InChI is InChI=1S/C11H15N5O3.ClH/c12-10-7-11(14-3-13-10)16(4-15-7)6-1-5(2-17)8(18)9(6)19;/h3-6,8-9,17-19H,1-2H2,(H2,12,13,14);1H/t5-,6-,8-,9+;/m0./s1. The van der Waals surface area contributed by atoms with Crippen molar-refractivity contribution in [2.24, 2.45) is 5.92 Å². The van der Waals surface area contributed by atoms with Gasteiger partial charge >= 0.3 is 0 Å². The first kappa shape index (κ1) is 14.9. The minimum Gasteiger partial charge on any atom is -0.396 e. The monoisotopic (exact) mass is 301 g/mol. The van der Waals surface area contributed by atoms with Crippen LogP contribution in [0.5, 0.6) is 0 Å². The molecule has 0 spiro atoms. The molecule has 0 bridgehead atoms. The van der Waals surface area contributed by atoms with Crippen LogP contribution in [-0.4, -0.2) is 53.7 Å². The average molecular weight is 302 g/mol. The van der Waals surface area contributed by atoms with Crippen molar-refractivity contribution >= 4 is 29.4 Å². The molecule has 9 heteroatoms. The summed E-state index contributed by atoms with van der Waals surface area (Å²) in [7, 11) is 0. The van der Waals surface area contributed by atoms with Crippen molar-refractivity contribution in [2.45, 2.75) is 24.7 Å². The number of hydrogen-bond donors (Lipinski definition) is 4. The third-order valence-electron chi connectivity index (χ3n) is 3.75. The summed E-state index contributed by atoms with van der Waals surface area (Å²) in [5, 5.41) is 29.1. The van der Waals surface area contributed by atoms with Gasteiger partial charge in [0.1, 0.15) is 17.9 Å². The van der Waals surface area contributed by atoms with E-state index >= 15 is 0 Å². The van der Waals surface area contributed by atoms with Gasteiger partial charge in [-0.2, -0.15) is 0 Å². The lowest BCUT2D eigenvalue weighted by Crippen LogP contribution is -2.30. The maximum Gasteiger partial charge on any atom is 0.165 e. The van der Waals surface area contributed by atoms with Gasteiger partial charge in [0.15, 0.2) is 11.5 Å². The predicted molar refractivity (Wildman–Crippen MR) is 73.2 cm³/mol. The van der Waals surface area contributed by atoms with Crippen LogP contribution in [0, 0.1) is 5.92 Å². The lowest BCUT2D eigenvalue weighted by molar-refractivity contribution is -0.00370. The molecule has 0 amide bonds. The fourth-order valence-corrected chi connectivity index (χ4v) is 2.67. The van der Waals surface area contributed by atoms with Crippen LogP contribution < -0.4 is 5.73 Å². The van der Waals surface area contributed by atoms with Gasteiger partial charge in [-0.15, -0.1) is 12.4 Å². The van der Waals surface area contributed by atoms with Gasteiger partial charge in [-0.1, -0.05) is 0 Å². The number of rotatable bonds is 2. The Hall–Kier alpha value is -1.48. The number of anilines is 1. The number of nitrogen functional groups attached to an aromatic ring is 1. The second kappa shape index (κ2) is 5.49. The Morgan fingerprint density at radius 3 is 2.65 bits per heavy atom. The number of aromatic nitrogens is 4. The van der Waals surface area contributed by atoms with E-state index < -0.39 is 12.2 Å². The molecule has 5 N–H and O–H groups in total. The van der Waals surface area contributed by atoms with Crippen LogP contribution in [0.25, 0.3) is 11.2 Å². The molecule has 8 nitrogen and oxygen atoms in total. The van der Waals surface area contributed by atoms with Gasteiger partial charge in [-0.25, -0.2) is 15.0 Å². The molecular formula is C11H16ClN5O3. The van der Waals surface area contributed by atoms with E-state index in [1.54, 1.807) is 4.57 Å². The topological polar surface area (TPSA) is 130 Å². The second-order valence-corrected chi connectivity index (χ2v) is 4.81. The van der Waals surface area contributed by atoms with Crippen LogP contribution in [0.3, 0.4) is 0 Å². The zero-order chi connectivity index (χ0) is 13.6. The largest absolute Gasteiger partial charge is 0.396 e. The molecule has 0 radical (unpaired) electrons. The summed E-state index contributed by atoms with van der Waals surface area (Å²) in [6.45, 7) is -0.168. The van der Waals surface area contributed by atoms with Gasteiger partial charge in [0, 0.05) is 12.5 Å². The predicted octanol–water partition coefficient (Wildman–Crippen LogP) is -0.895. The number of nitrogens with zero attached hydrogens (tertiary/aromatic N) is 4. The van der Waals surface area contributed by atoms with Gasteiger partial charge in [-0.3, -0.25) is 0 Å². The van der Waals surface area contributed by atoms with E-state index in [1.807, 2.05) is 0 Å². The van der Waals surface area contributed by atoms with E-state index in [0.29, 0.717) is 17.6 Å². The third kappa shape index (κ3) is 2.10. The summed E-state index contributed by atoms with van der Waals surface area (Å²) in [6.07, 6.45) is 1.39. The Morgan fingerprint density at radius 1 is 1.25 bits per heavy atom. The lowest BCUT2D eigenvalue weighted by Gasteiger charge is -2.18. The summed E-state index contributed by atoms with van der Waals surface area (Å²) in [5.41, 5.74) is 6.69. The maximum absolute atomic E-state index is 10.1. The molecule has 1 aliphatic carbocycles. The molecule has 4 atom stereocenters. The summed E-state index contributed by atoms with van der Waals surface area (Å²) < 4.78 is 1.68. The number of halogens is 1. The Bertz CT molecular complexity index is 607. The van der Waals surface area contributed by atoms with Crippen LogP contribution >= 0.6 is 12.4 Å². The number of hydrogen-bond acceptors (Lipinski definition) is 7. The first-order chi connectivity index (χ1) is 9.13. The zero-order valence-corrected chi connectivity index (χ0v) is 11.3. The maximum atomic E-state index is 10.1. The van der Waals surface area contributed by atoms with E-state index in [1.165, 1.54) is 12.7 Å². The Labute approximate surface area is 120 Å². The van der Waals surface area contributed by atoms with Crippen LogP contribution in [0.1, 0.15) is 12.5 Å². The summed E-state index contributed by atoms with van der Waals surface area (Å²) in [4.78, 5) is 12.1. The molecule has 0 aromatic carbocycles. The number of nitrogens with two attached hydrogens (primary N) is 1. The van der Waals surface area contributed by atoms with Gasteiger partial charge in [0.05, 0.1) is 18.5 Å². The van der Waals surface area contributed by atoms with E-state index in [-0.39, 0.29) is 36.8 Å². The summed E-state index contributed by atoms with van der Waals surface area (Å²) in [6, 6.07) is -0.383. The van der Waals surface area contributed by atoms with Crippen LogP contribution in [-0.2, 0) is 0 Å². The highest BCUT2D eigenvalue weighted by atomic mass is 35.5. The Kier molecular flexibility index (Phi) is 4.09. The molecule has 0 aliphatic heterocycles. The van der Waals surface area contributed by atoms with Crippen molar-refractivity contribution < 1.29 is 15.3 Å². The summed E-state index contributed by atoms with van der Waals surface area (Å²) in [5.74, 6) is -0.0767. The number of aliphatic hydroxyl groups is 3. The SMILES string of the molecule is Cl.Nc1ncnc2c1ncn2[C@H]1C[C@@H](CO)[C@H](O)[C@@H]1O. The smallest absolute Gasteiger partial charge is 0.165 e. The fourth-order valence-electron chi connectivity index (χ4n) is 2.67. The molecule has 2 heterocycles. The van der Waals surface area contributed by atoms with Gasteiger partial charge in [0.25, 0.3) is 0 Å². The second-order valence-electron chi connectivity index (χ2n) is 4.81. The number of imidazole rings is 1. The van der Waals surface area contributed by atoms with Crippen molar-refractivity contribution in [3.63, 3.8) is 0 Å². The van der Waals surface area contributed by atoms with Gasteiger partial charge in [0.2, 0.25) is 0 Å². The number of fused-ring (bicyclic) bond motifs is 1. The van der Waals surface area contributed by atoms with Crippen LogP contribution in [0.15, 0.2) is 12.7 Å².